The molecule has 0 amide bonds. The van der Waals surface area contributed by atoms with Crippen LogP contribution in [0.15, 0.2) is 49.1 Å². The van der Waals surface area contributed by atoms with Crippen LogP contribution < -0.4 is 0 Å². The fraction of sp³-hybridized carbons (Fsp3) is 0.235. The van der Waals surface area contributed by atoms with Gasteiger partial charge < -0.3 is 4.74 Å². The number of hydrogen-bond acceptors (Lipinski definition) is 4. The molecule has 2 aromatic rings. The number of carbonyl (C=O) groups excluding carboxylic acids is 1. The molecule has 0 spiro atoms. The Morgan fingerprint density at radius 1 is 1.29 bits per heavy atom. The second-order valence-corrected chi connectivity index (χ2v) is 4.91. The molecule has 2 aromatic carbocycles. The third kappa shape index (κ3) is 3.68. The zero-order chi connectivity index (χ0) is 15.2. The lowest BCUT2D eigenvalue weighted by molar-refractivity contribution is -0.245. The van der Waals surface area contributed by atoms with E-state index in [-0.39, 0.29) is 25.1 Å². The van der Waals surface area contributed by atoms with Crippen LogP contribution in [0.2, 0.25) is 0 Å². The SMILES string of the molecule is C=CCOC(=O)c1ccc2cc(C(C)COO)ccc2c1. The molecule has 0 radical (unpaired) electrons. The monoisotopic (exact) mass is 286 g/mol. The van der Waals surface area contributed by atoms with Crippen LogP contribution in [0, 0.1) is 0 Å². The van der Waals surface area contributed by atoms with E-state index in [0.717, 1.165) is 16.3 Å². The van der Waals surface area contributed by atoms with Crippen LogP contribution in [0.5, 0.6) is 0 Å². The third-order valence-corrected chi connectivity index (χ3v) is 3.33. The van der Waals surface area contributed by atoms with Gasteiger partial charge in [-0.05, 0) is 28.5 Å². The minimum atomic E-state index is -0.358. The van der Waals surface area contributed by atoms with Crippen molar-refractivity contribution in [2.75, 3.05) is 13.2 Å². The van der Waals surface area contributed by atoms with Gasteiger partial charge in [-0.3, -0.25) is 5.26 Å². The highest BCUT2D eigenvalue weighted by Crippen LogP contribution is 2.23. The predicted octanol–water partition coefficient (Wildman–Crippen LogP) is 3.78. The Morgan fingerprint density at radius 3 is 2.71 bits per heavy atom. The molecule has 4 nitrogen and oxygen atoms in total. The molecule has 1 atom stereocenters. The van der Waals surface area contributed by atoms with Crippen molar-refractivity contribution >= 4 is 16.7 Å². The van der Waals surface area contributed by atoms with Crippen LogP contribution in [0.3, 0.4) is 0 Å². The first-order valence-corrected chi connectivity index (χ1v) is 6.74. The molecule has 1 unspecified atom stereocenters. The zero-order valence-corrected chi connectivity index (χ0v) is 11.9. The fourth-order valence-electron chi connectivity index (χ4n) is 2.12. The van der Waals surface area contributed by atoms with Gasteiger partial charge in [-0.2, -0.15) is 0 Å². The molecule has 0 bridgehead atoms. The molecule has 0 aromatic heterocycles. The lowest BCUT2D eigenvalue weighted by Gasteiger charge is -2.11. The maximum absolute atomic E-state index is 11.8. The second kappa shape index (κ2) is 7.02. The Bertz CT molecular complexity index is 648. The lowest BCUT2D eigenvalue weighted by atomic mass is 9.97. The van der Waals surface area contributed by atoms with Crippen molar-refractivity contribution in [3.8, 4) is 0 Å². The Hall–Kier alpha value is -2.17. The average molecular weight is 286 g/mol. The van der Waals surface area contributed by atoms with Gasteiger partial charge in [-0.25, -0.2) is 9.68 Å². The molecular formula is C17H18O4. The minimum absolute atomic E-state index is 0.0941. The van der Waals surface area contributed by atoms with Crippen LogP contribution in [0.25, 0.3) is 10.8 Å². The summed E-state index contributed by atoms with van der Waals surface area (Å²) in [5, 5.41) is 10.5. The molecule has 0 heterocycles. The lowest BCUT2D eigenvalue weighted by Crippen LogP contribution is -2.05. The first kappa shape index (κ1) is 15.2. The highest BCUT2D eigenvalue weighted by Gasteiger charge is 2.09. The maximum Gasteiger partial charge on any atom is 0.338 e. The van der Waals surface area contributed by atoms with Crippen molar-refractivity contribution in [3.63, 3.8) is 0 Å². The van der Waals surface area contributed by atoms with Crippen molar-refractivity contribution in [1.29, 1.82) is 0 Å². The van der Waals surface area contributed by atoms with Gasteiger partial charge >= 0.3 is 5.97 Å². The van der Waals surface area contributed by atoms with Crippen LogP contribution in [-0.2, 0) is 9.62 Å². The van der Waals surface area contributed by atoms with E-state index in [1.165, 1.54) is 6.08 Å². The summed E-state index contributed by atoms with van der Waals surface area (Å²) < 4.78 is 5.02. The molecule has 4 heteroatoms. The smallest absolute Gasteiger partial charge is 0.338 e. The first-order valence-electron chi connectivity index (χ1n) is 6.74. The molecule has 0 saturated heterocycles. The van der Waals surface area contributed by atoms with E-state index in [1.807, 2.05) is 31.2 Å². The van der Waals surface area contributed by atoms with Crippen LogP contribution in [0.4, 0.5) is 0 Å². The Labute approximate surface area is 123 Å². The van der Waals surface area contributed by atoms with Gasteiger partial charge in [0.25, 0.3) is 0 Å². The first-order chi connectivity index (χ1) is 10.2. The molecule has 2 rings (SSSR count). The standard InChI is InChI=1S/C17H18O4/c1-3-8-20-17(18)16-7-6-14-9-13(12(2)11-21-19)4-5-15(14)10-16/h3-7,9-10,12,19H,1,8,11H2,2H3. The van der Waals surface area contributed by atoms with Crippen molar-refractivity contribution in [2.24, 2.45) is 0 Å². The fourth-order valence-corrected chi connectivity index (χ4v) is 2.12. The van der Waals surface area contributed by atoms with Crippen LogP contribution >= 0.6 is 0 Å². The Balaban J connectivity index is 2.27. The van der Waals surface area contributed by atoms with Crippen molar-refractivity contribution < 1.29 is 19.7 Å². The maximum atomic E-state index is 11.8. The van der Waals surface area contributed by atoms with Gasteiger partial charge in [-0.15, -0.1) is 0 Å². The summed E-state index contributed by atoms with van der Waals surface area (Å²) in [7, 11) is 0. The van der Waals surface area contributed by atoms with Crippen LogP contribution in [0.1, 0.15) is 28.8 Å². The number of rotatable bonds is 6. The van der Waals surface area contributed by atoms with Crippen molar-refractivity contribution in [2.45, 2.75) is 12.8 Å². The Kier molecular flexibility index (Phi) is 5.09. The van der Waals surface area contributed by atoms with E-state index < -0.39 is 0 Å². The number of carbonyl (C=O) groups is 1. The largest absolute Gasteiger partial charge is 0.458 e. The van der Waals surface area contributed by atoms with Gasteiger partial charge in [0.05, 0.1) is 12.2 Å². The molecule has 0 fully saturated rings. The normalized spacial score (nSPS) is 12.1. The molecule has 21 heavy (non-hydrogen) atoms. The molecule has 0 aliphatic rings. The molecule has 0 saturated carbocycles. The molecule has 0 aliphatic carbocycles. The summed E-state index contributed by atoms with van der Waals surface area (Å²) >= 11 is 0. The molecule has 110 valence electrons. The summed E-state index contributed by atoms with van der Waals surface area (Å²) in [4.78, 5) is 16.0. The quantitative estimate of drug-likeness (QED) is 0.380. The number of fused-ring (bicyclic) bond motifs is 1. The highest BCUT2D eigenvalue weighted by molar-refractivity contribution is 5.95. The van der Waals surface area contributed by atoms with Gasteiger partial charge in [0.2, 0.25) is 0 Å². The number of esters is 1. The van der Waals surface area contributed by atoms with E-state index in [1.54, 1.807) is 12.1 Å². The third-order valence-electron chi connectivity index (χ3n) is 3.33. The predicted molar refractivity (Wildman–Crippen MR) is 81.4 cm³/mol. The summed E-state index contributed by atoms with van der Waals surface area (Å²) in [5.41, 5.74) is 1.59. The molecule has 0 aliphatic heterocycles. The van der Waals surface area contributed by atoms with E-state index >= 15 is 0 Å². The topological polar surface area (TPSA) is 55.8 Å². The van der Waals surface area contributed by atoms with Gasteiger partial charge in [0.15, 0.2) is 0 Å². The number of hydrogen-bond donors (Lipinski definition) is 1. The number of ether oxygens (including phenoxy) is 1. The van der Waals surface area contributed by atoms with E-state index in [9.17, 15) is 4.79 Å². The summed E-state index contributed by atoms with van der Waals surface area (Å²) in [6.07, 6.45) is 1.54. The summed E-state index contributed by atoms with van der Waals surface area (Å²) in [5.74, 6) is -0.264. The van der Waals surface area contributed by atoms with Crippen LogP contribution in [-0.4, -0.2) is 24.4 Å². The van der Waals surface area contributed by atoms with Gasteiger partial charge in [0.1, 0.15) is 6.61 Å². The molecule has 1 N–H and O–H groups in total. The summed E-state index contributed by atoms with van der Waals surface area (Å²) in [6, 6.07) is 11.4. The van der Waals surface area contributed by atoms with E-state index in [0.29, 0.717) is 5.56 Å². The average Bonchev–Trinajstić information content (AvgIpc) is 2.51. The number of benzene rings is 2. The van der Waals surface area contributed by atoms with Crippen molar-refractivity contribution in [1.82, 2.24) is 0 Å². The van der Waals surface area contributed by atoms with E-state index in [2.05, 4.69) is 11.5 Å². The zero-order valence-electron chi connectivity index (χ0n) is 11.9. The summed E-state index contributed by atoms with van der Waals surface area (Å²) in [6.45, 7) is 5.93. The van der Waals surface area contributed by atoms with Gasteiger partial charge in [0, 0.05) is 5.92 Å². The van der Waals surface area contributed by atoms with E-state index in [4.69, 9.17) is 9.99 Å². The Morgan fingerprint density at radius 2 is 2.00 bits per heavy atom. The second-order valence-electron chi connectivity index (χ2n) is 4.91. The van der Waals surface area contributed by atoms with Gasteiger partial charge in [-0.1, -0.05) is 43.8 Å². The molecular weight excluding hydrogens is 268 g/mol. The highest BCUT2D eigenvalue weighted by atomic mass is 17.1. The minimum Gasteiger partial charge on any atom is -0.458 e. The van der Waals surface area contributed by atoms with Crippen molar-refractivity contribution in [3.05, 3.63) is 60.2 Å².